The Morgan fingerprint density at radius 2 is 1.96 bits per heavy atom. The van der Waals surface area contributed by atoms with E-state index < -0.39 is 0 Å². The Labute approximate surface area is 137 Å². The summed E-state index contributed by atoms with van der Waals surface area (Å²) in [5, 5.41) is 2.97. The third-order valence-corrected chi connectivity index (χ3v) is 3.86. The van der Waals surface area contributed by atoms with E-state index in [0.717, 1.165) is 28.1 Å². The zero-order valence-corrected chi connectivity index (χ0v) is 14.1. The van der Waals surface area contributed by atoms with E-state index in [-0.39, 0.29) is 5.91 Å². The van der Waals surface area contributed by atoms with E-state index in [4.69, 9.17) is 9.47 Å². The standard InChI is InChI=1S/C19H23NO3/c1-5-23-12-16-11-15(9-10-18(16)22-4)19(21)20-17-8-6-7-13(2)14(17)3/h6-11H,5,12H2,1-4H3,(H,20,21). The number of benzene rings is 2. The molecule has 23 heavy (non-hydrogen) atoms. The van der Waals surface area contributed by atoms with E-state index in [1.165, 1.54) is 0 Å². The lowest BCUT2D eigenvalue weighted by Crippen LogP contribution is -2.13. The van der Waals surface area contributed by atoms with E-state index >= 15 is 0 Å². The van der Waals surface area contributed by atoms with Gasteiger partial charge in [0.05, 0.1) is 13.7 Å². The Kier molecular flexibility index (Phi) is 5.77. The zero-order valence-electron chi connectivity index (χ0n) is 14.1. The SMILES string of the molecule is CCOCc1cc(C(=O)Nc2cccc(C)c2C)ccc1OC. The van der Waals surface area contributed by atoms with Gasteiger partial charge in [-0.1, -0.05) is 12.1 Å². The van der Waals surface area contributed by atoms with Gasteiger partial charge in [-0.05, 0) is 56.2 Å². The molecule has 2 rings (SSSR count). The Bertz CT molecular complexity index is 695. The molecule has 122 valence electrons. The number of aryl methyl sites for hydroxylation is 1. The molecule has 4 heteroatoms. The second-order valence-electron chi connectivity index (χ2n) is 5.37. The number of nitrogens with one attached hydrogen (secondary N) is 1. The summed E-state index contributed by atoms with van der Waals surface area (Å²) < 4.78 is 10.8. The van der Waals surface area contributed by atoms with Gasteiger partial charge in [-0.25, -0.2) is 0 Å². The third kappa shape index (κ3) is 4.11. The van der Waals surface area contributed by atoms with Gasteiger partial charge in [0.2, 0.25) is 0 Å². The van der Waals surface area contributed by atoms with Crippen molar-refractivity contribution in [3.8, 4) is 5.75 Å². The predicted octanol–water partition coefficient (Wildman–Crippen LogP) is 4.10. The monoisotopic (exact) mass is 313 g/mol. The molecule has 0 heterocycles. The van der Waals surface area contributed by atoms with Crippen LogP contribution in [0.25, 0.3) is 0 Å². The van der Waals surface area contributed by atoms with E-state index in [0.29, 0.717) is 18.8 Å². The van der Waals surface area contributed by atoms with Crippen LogP contribution in [-0.2, 0) is 11.3 Å². The van der Waals surface area contributed by atoms with Crippen molar-refractivity contribution in [2.75, 3.05) is 19.0 Å². The van der Waals surface area contributed by atoms with Gasteiger partial charge in [0, 0.05) is 23.4 Å². The molecule has 0 saturated carbocycles. The molecule has 0 aromatic heterocycles. The Morgan fingerprint density at radius 1 is 1.17 bits per heavy atom. The molecule has 0 unspecified atom stereocenters. The highest BCUT2D eigenvalue weighted by Gasteiger charge is 2.12. The average molecular weight is 313 g/mol. The van der Waals surface area contributed by atoms with Crippen molar-refractivity contribution >= 4 is 11.6 Å². The van der Waals surface area contributed by atoms with Crippen molar-refractivity contribution in [1.82, 2.24) is 0 Å². The van der Waals surface area contributed by atoms with Gasteiger partial charge in [0.15, 0.2) is 0 Å². The molecule has 0 spiro atoms. The number of methoxy groups -OCH3 is 1. The smallest absolute Gasteiger partial charge is 0.255 e. The second-order valence-corrected chi connectivity index (χ2v) is 5.37. The largest absolute Gasteiger partial charge is 0.496 e. The summed E-state index contributed by atoms with van der Waals surface area (Å²) >= 11 is 0. The van der Waals surface area contributed by atoms with Crippen LogP contribution in [0.5, 0.6) is 5.75 Å². The van der Waals surface area contributed by atoms with Crippen LogP contribution in [-0.4, -0.2) is 19.6 Å². The lowest BCUT2D eigenvalue weighted by molar-refractivity contribution is 0.102. The predicted molar refractivity (Wildman–Crippen MR) is 92.2 cm³/mol. The third-order valence-electron chi connectivity index (χ3n) is 3.86. The highest BCUT2D eigenvalue weighted by atomic mass is 16.5. The first kappa shape index (κ1) is 17.0. The molecular weight excluding hydrogens is 290 g/mol. The number of hydrogen-bond acceptors (Lipinski definition) is 3. The van der Waals surface area contributed by atoms with Gasteiger partial charge in [0.1, 0.15) is 5.75 Å². The van der Waals surface area contributed by atoms with Gasteiger partial charge in [-0.2, -0.15) is 0 Å². The molecule has 0 atom stereocenters. The minimum Gasteiger partial charge on any atom is -0.496 e. The summed E-state index contributed by atoms with van der Waals surface area (Å²) in [6.45, 7) is 6.99. The maximum absolute atomic E-state index is 12.5. The minimum absolute atomic E-state index is 0.140. The lowest BCUT2D eigenvalue weighted by atomic mass is 10.1. The molecular formula is C19H23NO3. The Morgan fingerprint density at radius 3 is 2.65 bits per heavy atom. The Balaban J connectivity index is 2.23. The topological polar surface area (TPSA) is 47.6 Å². The maximum atomic E-state index is 12.5. The van der Waals surface area contributed by atoms with Gasteiger partial charge >= 0.3 is 0 Å². The minimum atomic E-state index is -0.140. The average Bonchev–Trinajstić information content (AvgIpc) is 2.56. The fourth-order valence-corrected chi connectivity index (χ4v) is 2.33. The van der Waals surface area contributed by atoms with E-state index in [2.05, 4.69) is 5.32 Å². The number of carbonyl (C=O) groups is 1. The van der Waals surface area contributed by atoms with E-state index in [1.807, 2.05) is 45.0 Å². The van der Waals surface area contributed by atoms with E-state index in [9.17, 15) is 4.79 Å². The van der Waals surface area contributed by atoms with Crippen molar-refractivity contribution in [3.05, 3.63) is 58.7 Å². The quantitative estimate of drug-likeness (QED) is 0.873. The number of hydrogen-bond donors (Lipinski definition) is 1. The molecule has 0 aliphatic carbocycles. The molecule has 0 radical (unpaired) electrons. The summed E-state index contributed by atoms with van der Waals surface area (Å²) in [6.07, 6.45) is 0. The normalized spacial score (nSPS) is 10.4. The van der Waals surface area contributed by atoms with Crippen LogP contribution in [0.15, 0.2) is 36.4 Å². The van der Waals surface area contributed by atoms with E-state index in [1.54, 1.807) is 19.2 Å². The highest BCUT2D eigenvalue weighted by molar-refractivity contribution is 6.04. The maximum Gasteiger partial charge on any atom is 0.255 e. The van der Waals surface area contributed by atoms with Crippen LogP contribution >= 0.6 is 0 Å². The van der Waals surface area contributed by atoms with Gasteiger partial charge < -0.3 is 14.8 Å². The summed E-state index contributed by atoms with van der Waals surface area (Å²) in [4.78, 5) is 12.5. The molecule has 0 fully saturated rings. The summed E-state index contributed by atoms with van der Waals surface area (Å²) in [6, 6.07) is 11.2. The van der Waals surface area contributed by atoms with Crippen molar-refractivity contribution in [2.24, 2.45) is 0 Å². The molecule has 0 aliphatic rings. The molecule has 0 aliphatic heterocycles. The summed E-state index contributed by atoms with van der Waals surface area (Å²) in [5.74, 6) is 0.584. The zero-order chi connectivity index (χ0) is 16.8. The first-order chi connectivity index (χ1) is 11.1. The van der Waals surface area contributed by atoms with Crippen molar-refractivity contribution in [3.63, 3.8) is 0 Å². The van der Waals surface area contributed by atoms with Crippen molar-refractivity contribution in [2.45, 2.75) is 27.4 Å². The molecule has 1 amide bonds. The number of ether oxygens (including phenoxy) is 2. The number of carbonyl (C=O) groups excluding carboxylic acids is 1. The van der Waals surface area contributed by atoms with Gasteiger partial charge in [-0.15, -0.1) is 0 Å². The molecule has 1 N–H and O–H groups in total. The van der Waals surface area contributed by atoms with Crippen LogP contribution in [0.4, 0.5) is 5.69 Å². The Hall–Kier alpha value is -2.33. The lowest BCUT2D eigenvalue weighted by Gasteiger charge is -2.13. The van der Waals surface area contributed by atoms with Crippen LogP contribution in [0.2, 0.25) is 0 Å². The fourth-order valence-electron chi connectivity index (χ4n) is 2.33. The van der Waals surface area contributed by atoms with Gasteiger partial charge in [0.25, 0.3) is 5.91 Å². The van der Waals surface area contributed by atoms with Crippen molar-refractivity contribution < 1.29 is 14.3 Å². The molecule has 0 bridgehead atoms. The fraction of sp³-hybridized carbons (Fsp3) is 0.316. The summed E-state index contributed by atoms with van der Waals surface area (Å²) in [7, 11) is 1.61. The van der Waals surface area contributed by atoms with Crippen LogP contribution in [0, 0.1) is 13.8 Å². The number of rotatable bonds is 6. The van der Waals surface area contributed by atoms with Crippen molar-refractivity contribution in [1.29, 1.82) is 0 Å². The van der Waals surface area contributed by atoms with Gasteiger partial charge in [-0.3, -0.25) is 4.79 Å². The molecule has 4 nitrogen and oxygen atoms in total. The first-order valence-corrected chi connectivity index (χ1v) is 7.69. The number of amides is 1. The first-order valence-electron chi connectivity index (χ1n) is 7.69. The van der Waals surface area contributed by atoms with Crippen LogP contribution in [0.1, 0.15) is 34.0 Å². The van der Waals surface area contributed by atoms with Crippen LogP contribution in [0.3, 0.4) is 0 Å². The second kappa shape index (κ2) is 7.79. The summed E-state index contributed by atoms with van der Waals surface area (Å²) in [5.41, 5.74) is 4.50. The molecule has 2 aromatic rings. The highest BCUT2D eigenvalue weighted by Crippen LogP contribution is 2.23. The van der Waals surface area contributed by atoms with Crippen LogP contribution < -0.4 is 10.1 Å². The molecule has 0 saturated heterocycles. The molecule has 2 aromatic carbocycles. The number of anilines is 1.